The number of aryl methyl sites for hydroxylation is 2. The molecule has 1 heterocycles. The SMILES string of the molecule is COc1ccc(OCCCN)c(CCc2sc(=O)[nH]c2O)c1. The lowest BCUT2D eigenvalue weighted by molar-refractivity contribution is 0.309. The van der Waals surface area contributed by atoms with E-state index in [1.54, 1.807) is 7.11 Å². The van der Waals surface area contributed by atoms with Crippen LogP contribution in [-0.4, -0.2) is 30.4 Å². The van der Waals surface area contributed by atoms with Crippen LogP contribution in [0.4, 0.5) is 0 Å². The second-order valence-electron chi connectivity index (χ2n) is 4.75. The van der Waals surface area contributed by atoms with Crippen molar-refractivity contribution in [1.82, 2.24) is 4.98 Å². The summed E-state index contributed by atoms with van der Waals surface area (Å²) in [6, 6.07) is 5.61. The number of H-pyrrole nitrogens is 1. The standard InChI is InChI=1S/C15H20N2O4S/c1-20-11-4-5-12(21-8-2-7-16)10(9-11)3-6-13-14(18)17-15(19)22-13/h4-5,9,18H,2-3,6-8,16H2,1H3,(H,17,19). The maximum atomic E-state index is 11.2. The maximum absolute atomic E-state index is 11.2. The Bertz CT molecular complexity index is 666. The van der Waals surface area contributed by atoms with Gasteiger partial charge in [0.15, 0.2) is 0 Å². The number of methoxy groups -OCH3 is 1. The van der Waals surface area contributed by atoms with Gasteiger partial charge in [-0.1, -0.05) is 11.3 Å². The molecule has 0 saturated carbocycles. The molecule has 0 bridgehead atoms. The van der Waals surface area contributed by atoms with Gasteiger partial charge >= 0.3 is 4.87 Å². The third-order valence-corrected chi connectivity index (χ3v) is 4.13. The van der Waals surface area contributed by atoms with Gasteiger partial charge in [-0.25, -0.2) is 0 Å². The average molecular weight is 324 g/mol. The first-order valence-corrected chi connectivity index (χ1v) is 7.86. The van der Waals surface area contributed by atoms with Gasteiger partial charge in [0, 0.05) is 0 Å². The van der Waals surface area contributed by atoms with E-state index in [-0.39, 0.29) is 10.8 Å². The Morgan fingerprint density at radius 1 is 1.36 bits per heavy atom. The first-order chi connectivity index (χ1) is 10.6. The number of hydrogen-bond acceptors (Lipinski definition) is 6. The van der Waals surface area contributed by atoms with E-state index < -0.39 is 0 Å². The zero-order valence-electron chi connectivity index (χ0n) is 12.4. The monoisotopic (exact) mass is 324 g/mol. The van der Waals surface area contributed by atoms with Crippen molar-refractivity contribution < 1.29 is 14.6 Å². The quantitative estimate of drug-likeness (QED) is 0.642. The molecule has 1 aromatic heterocycles. The molecule has 4 N–H and O–H groups in total. The second-order valence-corrected chi connectivity index (χ2v) is 5.82. The van der Waals surface area contributed by atoms with E-state index in [4.69, 9.17) is 15.2 Å². The molecule has 0 amide bonds. The smallest absolute Gasteiger partial charge is 0.307 e. The molecule has 0 spiro atoms. The fraction of sp³-hybridized carbons (Fsp3) is 0.400. The highest BCUT2D eigenvalue weighted by Gasteiger charge is 2.11. The van der Waals surface area contributed by atoms with E-state index in [1.807, 2.05) is 18.2 Å². The Kier molecular flexibility index (Phi) is 5.85. The Balaban J connectivity index is 2.12. The number of ether oxygens (including phenoxy) is 2. The molecule has 0 unspecified atom stereocenters. The van der Waals surface area contributed by atoms with Crippen molar-refractivity contribution in [2.24, 2.45) is 5.73 Å². The van der Waals surface area contributed by atoms with Crippen LogP contribution in [0.3, 0.4) is 0 Å². The van der Waals surface area contributed by atoms with E-state index in [9.17, 15) is 9.90 Å². The minimum absolute atomic E-state index is 0.0523. The Morgan fingerprint density at radius 3 is 2.82 bits per heavy atom. The number of hydrogen-bond donors (Lipinski definition) is 3. The zero-order valence-corrected chi connectivity index (χ0v) is 13.2. The molecule has 6 nitrogen and oxygen atoms in total. The Labute approximate surface area is 132 Å². The third kappa shape index (κ3) is 4.25. The molecule has 0 radical (unpaired) electrons. The molecule has 0 aliphatic heterocycles. The van der Waals surface area contributed by atoms with Crippen molar-refractivity contribution in [1.29, 1.82) is 0 Å². The third-order valence-electron chi connectivity index (χ3n) is 3.20. The highest BCUT2D eigenvalue weighted by Crippen LogP contribution is 2.27. The van der Waals surface area contributed by atoms with Gasteiger partial charge < -0.3 is 20.3 Å². The van der Waals surface area contributed by atoms with Crippen molar-refractivity contribution in [3.8, 4) is 17.4 Å². The predicted octanol–water partition coefficient (Wildman–Crippen LogP) is 1.66. The number of rotatable bonds is 8. The number of aromatic nitrogens is 1. The second kappa shape index (κ2) is 7.86. The van der Waals surface area contributed by atoms with E-state index in [2.05, 4.69) is 4.98 Å². The fourth-order valence-corrected chi connectivity index (χ4v) is 2.78. The lowest BCUT2D eigenvalue weighted by Crippen LogP contribution is -2.07. The van der Waals surface area contributed by atoms with Crippen molar-refractivity contribution >= 4 is 11.3 Å². The predicted molar refractivity (Wildman–Crippen MR) is 86.2 cm³/mol. The molecular formula is C15H20N2O4S. The van der Waals surface area contributed by atoms with E-state index >= 15 is 0 Å². The van der Waals surface area contributed by atoms with Crippen molar-refractivity contribution in [3.05, 3.63) is 38.3 Å². The van der Waals surface area contributed by atoms with Gasteiger partial charge in [-0.3, -0.25) is 9.78 Å². The minimum Gasteiger partial charge on any atom is -0.497 e. The summed E-state index contributed by atoms with van der Waals surface area (Å²) in [4.78, 5) is 14.0. The summed E-state index contributed by atoms with van der Waals surface area (Å²) >= 11 is 1.02. The van der Waals surface area contributed by atoms with Crippen molar-refractivity contribution in [2.75, 3.05) is 20.3 Å². The molecule has 0 aliphatic carbocycles. The molecule has 0 atom stereocenters. The van der Waals surface area contributed by atoms with Crippen LogP contribution < -0.4 is 20.1 Å². The molecule has 1 aromatic carbocycles. The Morgan fingerprint density at radius 2 is 2.18 bits per heavy atom. The van der Waals surface area contributed by atoms with E-state index in [1.165, 1.54) is 0 Å². The molecule has 2 aromatic rings. The molecule has 2 rings (SSSR count). The number of nitrogens with two attached hydrogens (primary N) is 1. The summed E-state index contributed by atoms with van der Waals surface area (Å²) in [7, 11) is 1.61. The largest absolute Gasteiger partial charge is 0.497 e. The maximum Gasteiger partial charge on any atom is 0.307 e. The molecule has 120 valence electrons. The summed E-state index contributed by atoms with van der Waals surface area (Å²) < 4.78 is 11.0. The first-order valence-electron chi connectivity index (χ1n) is 7.04. The van der Waals surface area contributed by atoms with Crippen LogP contribution in [0, 0.1) is 0 Å². The van der Waals surface area contributed by atoms with Gasteiger partial charge in [-0.15, -0.1) is 0 Å². The van der Waals surface area contributed by atoms with Gasteiger partial charge in [0.05, 0.1) is 18.6 Å². The number of aromatic hydroxyl groups is 1. The molecule has 0 aliphatic rings. The van der Waals surface area contributed by atoms with Crippen LogP contribution in [0.2, 0.25) is 0 Å². The van der Waals surface area contributed by atoms with Gasteiger partial charge in [-0.05, 0) is 49.6 Å². The van der Waals surface area contributed by atoms with Crippen molar-refractivity contribution in [2.45, 2.75) is 19.3 Å². The first kappa shape index (κ1) is 16.4. The van der Waals surface area contributed by atoms with Crippen LogP contribution in [0.1, 0.15) is 16.9 Å². The summed E-state index contributed by atoms with van der Waals surface area (Å²) in [6.07, 6.45) is 1.97. The van der Waals surface area contributed by atoms with Gasteiger partial charge in [0.1, 0.15) is 11.5 Å². The highest BCUT2D eigenvalue weighted by molar-refractivity contribution is 7.09. The van der Waals surface area contributed by atoms with Gasteiger partial charge in [-0.2, -0.15) is 0 Å². The summed E-state index contributed by atoms with van der Waals surface area (Å²) in [5, 5.41) is 9.64. The summed E-state index contributed by atoms with van der Waals surface area (Å²) in [6.45, 7) is 1.13. The van der Waals surface area contributed by atoms with E-state index in [0.717, 1.165) is 34.8 Å². The number of thiazole rings is 1. The molecule has 0 fully saturated rings. The van der Waals surface area contributed by atoms with Crippen LogP contribution in [0.15, 0.2) is 23.0 Å². The summed E-state index contributed by atoms with van der Waals surface area (Å²) in [5.41, 5.74) is 6.44. The number of aromatic amines is 1. The number of nitrogens with one attached hydrogen (secondary N) is 1. The van der Waals surface area contributed by atoms with Crippen molar-refractivity contribution in [3.63, 3.8) is 0 Å². The lowest BCUT2D eigenvalue weighted by atomic mass is 10.1. The van der Waals surface area contributed by atoms with Crippen LogP contribution in [0.25, 0.3) is 0 Å². The van der Waals surface area contributed by atoms with Crippen LogP contribution in [-0.2, 0) is 12.8 Å². The lowest BCUT2D eigenvalue weighted by Gasteiger charge is -2.12. The van der Waals surface area contributed by atoms with Gasteiger partial charge in [0.25, 0.3) is 0 Å². The molecule has 22 heavy (non-hydrogen) atoms. The normalized spacial score (nSPS) is 10.6. The highest BCUT2D eigenvalue weighted by atomic mass is 32.1. The topological polar surface area (TPSA) is 97.6 Å². The van der Waals surface area contributed by atoms with Gasteiger partial charge in [0.2, 0.25) is 5.88 Å². The molecule has 7 heteroatoms. The fourth-order valence-electron chi connectivity index (χ4n) is 2.05. The van der Waals surface area contributed by atoms with E-state index in [0.29, 0.717) is 30.9 Å². The number of benzene rings is 1. The average Bonchev–Trinajstić information content (AvgIpc) is 2.84. The van der Waals surface area contributed by atoms with Crippen LogP contribution in [0.5, 0.6) is 17.4 Å². The summed E-state index contributed by atoms with van der Waals surface area (Å²) in [5.74, 6) is 1.47. The van der Waals surface area contributed by atoms with Crippen LogP contribution >= 0.6 is 11.3 Å². The minimum atomic E-state index is -0.252. The molecule has 0 saturated heterocycles. The zero-order chi connectivity index (χ0) is 15.9. The molecular weight excluding hydrogens is 304 g/mol. The Hall–Kier alpha value is -1.99.